The second-order valence-electron chi connectivity index (χ2n) is 9.43. The molecule has 1 aliphatic rings. The normalized spacial score (nSPS) is 21.6. The van der Waals surface area contributed by atoms with Gasteiger partial charge in [0.25, 0.3) is 0 Å². The SMILES string of the molecule is CC(C)(C)C1(C(C)(C)C)COCCOCCCOc2ccccc2OC1(O)O. The first kappa shape index (κ1) is 22.9. The molecule has 0 aliphatic carbocycles. The number of hydrogen-bond acceptors (Lipinski definition) is 6. The van der Waals surface area contributed by atoms with Crippen LogP contribution in [0.4, 0.5) is 0 Å². The summed E-state index contributed by atoms with van der Waals surface area (Å²) in [5.74, 6) is -1.76. The number of fused-ring (bicyclic) bond motifs is 1. The zero-order valence-electron chi connectivity index (χ0n) is 18.1. The van der Waals surface area contributed by atoms with Gasteiger partial charge in [0, 0.05) is 13.0 Å². The van der Waals surface area contributed by atoms with Gasteiger partial charge in [0.05, 0.1) is 31.8 Å². The molecule has 2 N–H and O–H groups in total. The molecule has 1 heterocycles. The fourth-order valence-electron chi connectivity index (χ4n) is 4.31. The van der Waals surface area contributed by atoms with Crippen LogP contribution in [-0.2, 0) is 9.47 Å². The van der Waals surface area contributed by atoms with Crippen molar-refractivity contribution in [2.75, 3.05) is 33.0 Å². The minimum absolute atomic E-state index is 0.0966. The van der Waals surface area contributed by atoms with Crippen LogP contribution in [0.3, 0.4) is 0 Å². The second-order valence-corrected chi connectivity index (χ2v) is 9.43. The van der Waals surface area contributed by atoms with Crippen LogP contribution in [0.2, 0.25) is 0 Å². The number of benzene rings is 1. The lowest BCUT2D eigenvalue weighted by molar-refractivity contribution is -0.408. The maximum atomic E-state index is 11.4. The van der Waals surface area contributed by atoms with E-state index in [2.05, 4.69) is 0 Å². The van der Waals surface area contributed by atoms with Crippen LogP contribution in [0.5, 0.6) is 11.5 Å². The topological polar surface area (TPSA) is 77.4 Å². The van der Waals surface area contributed by atoms with Gasteiger partial charge in [-0.05, 0) is 23.0 Å². The Morgan fingerprint density at radius 3 is 1.96 bits per heavy atom. The highest BCUT2D eigenvalue weighted by molar-refractivity contribution is 5.40. The van der Waals surface area contributed by atoms with Crippen molar-refractivity contribution in [1.29, 1.82) is 0 Å². The van der Waals surface area contributed by atoms with E-state index in [4.69, 9.17) is 18.9 Å². The Bertz CT molecular complexity index is 613. The molecule has 0 saturated heterocycles. The average Bonchev–Trinajstić information content (AvgIpc) is 2.54. The average molecular weight is 397 g/mol. The second kappa shape index (κ2) is 8.57. The van der Waals surface area contributed by atoms with Crippen molar-refractivity contribution >= 4 is 0 Å². The standard InChI is InChI=1S/C22H36O6/c1-19(2,3)21(20(4,5)6)16-26-15-14-25-12-9-13-27-17-10-7-8-11-18(17)28-22(21,23)24/h7-8,10-11,23-24H,9,12-16H2,1-6H3. The maximum Gasteiger partial charge on any atom is 0.331 e. The molecule has 1 aliphatic heterocycles. The van der Waals surface area contributed by atoms with Crippen LogP contribution in [0.25, 0.3) is 0 Å². The fourth-order valence-corrected chi connectivity index (χ4v) is 4.31. The van der Waals surface area contributed by atoms with E-state index in [-0.39, 0.29) is 12.4 Å². The molecule has 0 aromatic heterocycles. The van der Waals surface area contributed by atoms with E-state index in [9.17, 15) is 10.2 Å². The Labute approximate surface area is 168 Å². The zero-order chi connectivity index (χ0) is 21.1. The van der Waals surface area contributed by atoms with Crippen molar-refractivity contribution in [2.45, 2.75) is 53.9 Å². The third-order valence-electron chi connectivity index (χ3n) is 5.60. The minimum atomic E-state index is -2.51. The van der Waals surface area contributed by atoms with Gasteiger partial charge in [-0.25, -0.2) is 0 Å². The van der Waals surface area contributed by atoms with Gasteiger partial charge in [0.1, 0.15) is 0 Å². The van der Waals surface area contributed by atoms with Gasteiger partial charge in [-0.15, -0.1) is 0 Å². The number of ether oxygens (including phenoxy) is 4. The molecule has 0 atom stereocenters. The summed E-state index contributed by atoms with van der Waals surface area (Å²) in [5, 5.41) is 22.8. The number of rotatable bonds is 0. The summed E-state index contributed by atoms with van der Waals surface area (Å²) in [7, 11) is 0. The monoisotopic (exact) mass is 396 g/mol. The molecule has 160 valence electrons. The highest BCUT2D eigenvalue weighted by Crippen LogP contribution is 2.58. The number of para-hydroxylation sites is 2. The zero-order valence-corrected chi connectivity index (χ0v) is 18.1. The summed E-state index contributed by atoms with van der Waals surface area (Å²) in [5.41, 5.74) is -2.30. The summed E-state index contributed by atoms with van der Waals surface area (Å²) in [6, 6.07) is 7.03. The van der Waals surface area contributed by atoms with Gasteiger partial charge in [-0.2, -0.15) is 0 Å². The largest absolute Gasteiger partial charge is 0.490 e. The Morgan fingerprint density at radius 1 is 0.786 bits per heavy atom. The first-order chi connectivity index (χ1) is 12.9. The third kappa shape index (κ3) is 4.62. The molecule has 0 amide bonds. The lowest BCUT2D eigenvalue weighted by Crippen LogP contribution is -2.67. The van der Waals surface area contributed by atoms with Crippen molar-refractivity contribution in [3.63, 3.8) is 0 Å². The lowest BCUT2D eigenvalue weighted by atomic mass is 9.52. The Hall–Kier alpha value is -1.34. The van der Waals surface area contributed by atoms with E-state index >= 15 is 0 Å². The molecule has 0 spiro atoms. The van der Waals surface area contributed by atoms with Crippen molar-refractivity contribution < 1.29 is 29.2 Å². The molecule has 28 heavy (non-hydrogen) atoms. The van der Waals surface area contributed by atoms with E-state index in [1.54, 1.807) is 18.2 Å². The number of aliphatic hydroxyl groups is 2. The van der Waals surface area contributed by atoms with Crippen LogP contribution in [0.15, 0.2) is 24.3 Å². The van der Waals surface area contributed by atoms with Gasteiger partial charge in [-0.1, -0.05) is 53.7 Å². The molecule has 0 bridgehead atoms. The molecule has 0 fully saturated rings. The Kier molecular flexibility index (Phi) is 7.03. The minimum Gasteiger partial charge on any atom is -0.490 e. The van der Waals surface area contributed by atoms with Crippen molar-refractivity contribution in [3.05, 3.63) is 24.3 Å². The molecule has 6 heteroatoms. The summed E-state index contributed by atoms with van der Waals surface area (Å²) in [6.07, 6.45) is 0.714. The third-order valence-corrected chi connectivity index (χ3v) is 5.60. The van der Waals surface area contributed by atoms with Crippen LogP contribution >= 0.6 is 0 Å². The molecule has 2 rings (SSSR count). The smallest absolute Gasteiger partial charge is 0.331 e. The van der Waals surface area contributed by atoms with Gasteiger partial charge < -0.3 is 29.2 Å². The van der Waals surface area contributed by atoms with Gasteiger partial charge in [-0.3, -0.25) is 0 Å². The van der Waals surface area contributed by atoms with Crippen LogP contribution in [0, 0.1) is 16.2 Å². The highest BCUT2D eigenvalue weighted by Gasteiger charge is 2.65. The van der Waals surface area contributed by atoms with E-state index < -0.39 is 22.2 Å². The van der Waals surface area contributed by atoms with E-state index in [1.165, 1.54) is 0 Å². The highest BCUT2D eigenvalue weighted by atomic mass is 16.8. The molecule has 6 nitrogen and oxygen atoms in total. The van der Waals surface area contributed by atoms with Gasteiger partial charge in [0.2, 0.25) is 0 Å². The fraction of sp³-hybridized carbons (Fsp3) is 0.727. The van der Waals surface area contributed by atoms with Crippen LogP contribution in [0.1, 0.15) is 48.0 Å². The summed E-state index contributed by atoms with van der Waals surface area (Å²) < 4.78 is 23.2. The van der Waals surface area contributed by atoms with Crippen molar-refractivity contribution in [2.24, 2.45) is 16.2 Å². The lowest BCUT2D eigenvalue weighted by Gasteiger charge is -2.57. The van der Waals surface area contributed by atoms with Gasteiger partial charge >= 0.3 is 5.97 Å². The molecule has 1 aromatic carbocycles. The Morgan fingerprint density at radius 2 is 1.36 bits per heavy atom. The summed E-state index contributed by atoms with van der Waals surface area (Å²) >= 11 is 0. The molecule has 0 saturated carbocycles. The maximum absolute atomic E-state index is 11.4. The molecule has 0 unspecified atom stereocenters. The molecule has 1 aromatic rings. The quantitative estimate of drug-likeness (QED) is 0.653. The van der Waals surface area contributed by atoms with Crippen LogP contribution < -0.4 is 9.47 Å². The Balaban J connectivity index is 2.55. The number of hydrogen-bond donors (Lipinski definition) is 2. The van der Waals surface area contributed by atoms with Gasteiger partial charge in [0.15, 0.2) is 11.5 Å². The van der Waals surface area contributed by atoms with E-state index in [0.29, 0.717) is 38.6 Å². The van der Waals surface area contributed by atoms with Crippen LogP contribution in [-0.4, -0.2) is 49.2 Å². The van der Waals surface area contributed by atoms with E-state index in [1.807, 2.05) is 47.6 Å². The van der Waals surface area contributed by atoms with Crippen molar-refractivity contribution in [3.8, 4) is 11.5 Å². The summed E-state index contributed by atoms with van der Waals surface area (Å²) in [6.45, 7) is 13.7. The molecule has 0 radical (unpaired) electrons. The first-order valence-electron chi connectivity index (χ1n) is 9.93. The summed E-state index contributed by atoms with van der Waals surface area (Å²) in [4.78, 5) is 0. The van der Waals surface area contributed by atoms with E-state index in [0.717, 1.165) is 0 Å². The predicted octanol–water partition coefficient (Wildman–Crippen LogP) is 3.60. The molecular weight excluding hydrogens is 360 g/mol. The first-order valence-corrected chi connectivity index (χ1v) is 9.93. The predicted molar refractivity (Wildman–Crippen MR) is 107 cm³/mol. The molecular formula is C22H36O6. The van der Waals surface area contributed by atoms with Crippen molar-refractivity contribution in [1.82, 2.24) is 0 Å².